The molecule has 16 heavy (non-hydrogen) atoms. The fourth-order valence-corrected chi connectivity index (χ4v) is 1.86. The highest BCUT2D eigenvalue weighted by molar-refractivity contribution is 5.69. The number of amides is 1. The van der Waals surface area contributed by atoms with Crippen molar-refractivity contribution in [3.63, 3.8) is 0 Å². The maximum atomic E-state index is 11.8. The third kappa shape index (κ3) is 3.09. The van der Waals surface area contributed by atoms with E-state index in [0.29, 0.717) is 6.54 Å². The number of likely N-dealkylation sites (tertiary alicyclic amines) is 1. The molecule has 5 nitrogen and oxygen atoms in total. The molecule has 0 bridgehead atoms. The second-order valence-corrected chi connectivity index (χ2v) is 4.99. The first-order valence-corrected chi connectivity index (χ1v) is 5.52. The average Bonchev–Trinajstić information content (AvgIpc) is 2.57. The number of hydrogen-bond donors (Lipinski definition) is 1. The minimum Gasteiger partial charge on any atom is -0.444 e. The van der Waals surface area contributed by atoms with Crippen molar-refractivity contribution in [2.45, 2.75) is 44.9 Å². The number of nitrogens with zero attached hydrogens (tertiary/aromatic N) is 1. The summed E-state index contributed by atoms with van der Waals surface area (Å²) in [5.74, 6) is 0. The number of carbonyl (C=O) groups excluding carboxylic acids is 1. The SMILES string of the molecule is COC1CCN(C(=O)OC(C)(C)C)C1CO. The molecule has 0 radical (unpaired) electrons. The summed E-state index contributed by atoms with van der Waals surface area (Å²) in [6.07, 6.45) is 0.254. The molecule has 1 rings (SSSR count). The van der Waals surface area contributed by atoms with Crippen molar-refractivity contribution in [2.24, 2.45) is 0 Å². The van der Waals surface area contributed by atoms with Gasteiger partial charge in [-0.1, -0.05) is 0 Å². The molecule has 5 heteroatoms. The minimum atomic E-state index is -0.512. The molecule has 2 unspecified atom stereocenters. The van der Waals surface area contributed by atoms with Gasteiger partial charge in [0.15, 0.2) is 0 Å². The van der Waals surface area contributed by atoms with Crippen molar-refractivity contribution in [1.82, 2.24) is 4.90 Å². The van der Waals surface area contributed by atoms with Crippen LogP contribution >= 0.6 is 0 Å². The summed E-state index contributed by atoms with van der Waals surface area (Å²) in [7, 11) is 1.59. The van der Waals surface area contributed by atoms with E-state index in [1.165, 1.54) is 0 Å². The van der Waals surface area contributed by atoms with Crippen LogP contribution in [-0.4, -0.2) is 54.1 Å². The van der Waals surface area contributed by atoms with E-state index in [-0.39, 0.29) is 24.8 Å². The van der Waals surface area contributed by atoms with Crippen molar-refractivity contribution >= 4 is 6.09 Å². The van der Waals surface area contributed by atoms with Crippen LogP contribution in [0.15, 0.2) is 0 Å². The smallest absolute Gasteiger partial charge is 0.410 e. The van der Waals surface area contributed by atoms with Gasteiger partial charge in [-0.25, -0.2) is 4.79 Å². The van der Waals surface area contributed by atoms with Gasteiger partial charge in [-0.2, -0.15) is 0 Å². The molecule has 1 saturated heterocycles. The lowest BCUT2D eigenvalue weighted by Crippen LogP contribution is -2.44. The van der Waals surface area contributed by atoms with Gasteiger partial charge >= 0.3 is 6.09 Å². The molecule has 94 valence electrons. The monoisotopic (exact) mass is 231 g/mol. The second-order valence-electron chi connectivity index (χ2n) is 4.99. The lowest BCUT2D eigenvalue weighted by atomic mass is 10.2. The van der Waals surface area contributed by atoms with E-state index < -0.39 is 5.60 Å². The first-order valence-electron chi connectivity index (χ1n) is 5.52. The lowest BCUT2D eigenvalue weighted by Gasteiger charge is -2.29. The summed E-state index contributed by atoms with van der Waals surface area (Å²) in [6.45, 7) is 5.94. The zero-order chi connectivity index (χ0) is 12.3. The standard InChI is InChI=1S/C11H21NO4/c1-11(2,3)16-10(14)12-6-5-9(15-4)8(12)7-13/h8-9,13H,5-7H2,1-4H3. The van der Waals surface area contributed by atoms with Crippen LogP contribution in [0.4, 0.5) is 4.79 Å². The van der Waals surface area contributed by atoms with E-state index in [9.17, 15) is 9.90 Å². The first kappa shape index (κ1) is 13.3. The molecule has 0 saturated carbocycles. The molecular weight excluding hydrogens is 210 g/mol. The Bertz CT molecular complexity index is 249. The highest BCUT2D eigenvalue weighted by Crippen LogP contribution is 2.22. The van der Waals surface area contributed by atoms with Crippen LogP contribution in [0.3, 0.4) is 0 Å². The van der Waals surface area contributed by atoms with Gasteiger partial charge in [-0.15, -0.1) is 0 Å². The van der Waals surface area contributed by atoms with Crippen molar-refractivity contribution in [1.29, 1.82) is 0 Å². The largest absolute Gasteiger partial charge is 0.444 e. The molecule has 2 atom stereocenters. The third-order valence-corrected chi connectivity index (χ3v) is 2.60. The maximum absolute atomic E-state index is 11.8. The zero-order valence-corrected chi connectivity index (χ0v) is 10.4. The fourth-order valence-electron chi connectivity index (χ4n) is 1.86. The number of aliphatic hydroxyl groups excluding tert-OH is 1. The number of aliphatic hydroxyl groups is 1. The van der Waals surface area contributed by atoms with Crippen LogP contribution < -0.4 is 0 Å². The quantitative estimate of drug-likeness (QED) is 0.770. The Morgan fingerprint density at radius 1 is 1.50 bits per heavy atom. The van der Waals surface area contributed by atoms with E-state index in [1.54, 1.807) is 12.0 Å². The first-order chi connectivity index (χ1) is 7.39. The van der Waals surface area contributed by atoms with Crippen LogP contribution in [0.2, 0.25) is 0 Å². The molecule has 1 N–H and O–H groups in total. The molecular formula is C11H21NO4. The van der Waals surface area contributed by atoms with Gasteiger partial charge in [-0.3, -0.25) is 0 Å². The zero-order valence-electron chi connectivity index (χ0n) is 10.4. The number of rotatable bonds is 2. The van der Waals surface area contributed by atoms with E-state index in [4.69, 9.17) is 9.47 Å². The topological polar surface area (TPSA) is 59.0 Å². The molecule has 1 amide bonds. The normalized spacial score (nSPS) is 25.9. The Labute approximate surface area is 96.3 Å². The summed E-state index contributed by atoms with van der Waals surface area (Å²) >= 11 is 0. The van der Waals surface area contributed by atoms with Gasteiger partial charge in [0.25, 0.3) is 0 Å². The summed E-state index contributed by atoms with van der Waals surface area (Å²) in [5.41, 5.74) is -0.512. The van der Waals surface area contributed by atoms with E-state index in [2.05, 4.69) is 0 Å². The Balaban J connectivity index is 2.63. The molecule has 1 heterocycles. The minimum absolute atomic E-state index is 0.0995. The second kappa shape index (κ2) is 5.01. The summed E-state index contributed by atoms with van der Waals surface area (Å²) in [6, 6.07) is -0.292. The molecule has 0 aliphatic carbocycles. The van der Waals surface area contributed by atoms with Gasteiger partial charge < -0.3 is 19.5 Å². The molecule has 0 aromatic heterocycles. The maximum Gasteiger partial charge on any atom is 0.410 e. The van der Waals surface area contributed by atoms with Crippen LogP contribution in [0.25, 0.3) is 0 Å². The Morgan fingerprint density at radius 2 is 2.12 bits per heavy atom. The van der Waals surface area contributed by atoms with Crippen molar-refractivity contribution in [3.8, 4) is 0 Å². The lowest BCUT2D eigenvalue weighted by molar-refractivity contribution is -0.000547. The number of methoxy groups -OCH3 is 1. The van der Waals surface area contributed by atoms with E-state index in [1.807, 2.05) is 20.8 Å². The Morgan fingerprint density at radius 3 is 2.56 bits per heavy atom. The van der Waals surface area contributed by atoms with E-state index >= 15 is 0 Å². The van der Waals surface area contributed by atoms with Gasteiger partial charge in [0.1, 0.15) is 5.60 Å². The van der Waals surface area contributed by atoms with Crippen LogP contribution in [0.1, 0.15) is 27.2 Å². The highest BCUT2D eigenvalue weighted by atomic mass is 16.6. The predicted octanol–water partition coefficient (Wildman–Crippen LogP) is 1.00. The van der Waals surface area contributed by atoms with Crippen molar-refractivity contribution < 1.29 is 19.4 Å². The van der Waals surface area contributed by atoms with Gasteiger partial charge in [0, 0.05) is 13.7 Å². The van der Waals surface area contributed by atoms with Crippen molar-refractivity contribution in [3.05, 3.63) is 0 Å². The number of ether oxygens (including phenoxy) is 2. The number of carbonyl (C=O) groups is 1. The van der Waals surface area contributed by atoms with E-state index in [0.717, 1.165) is 6.42 Å². The van der Waals surface area contributed by atoms with Crippen molar-refractivity contribution in [2.75, 3.05) is 20.3 Å². The summed E-state index contributed by atoms with van der Waals surface area (Å²) in [4.78, 5) is 13.4. The van der Waals surface area contributed by atoms with Gasteiger partial charge in [-0.05, 0) is 27.2 Å². The molecule has 0 aromatic rings. The van der Waals surface area contributed by atoms with Crippen LogP contribution in [0.5, 0.6) is 0 Å². The number of hydrogen-bond acceptors (Lipinski definition) is 4. The molecule has 0 aromatic carbocycles. The molecule has 1 aliphatic heterocycles. The molecule has 1 fully saturated rings. The Hall–Kier alpha value is -0.810. The van der Waals surface area contributed by atoms with Crippen LogP contribution in [0, 0.1) is 0 Å². The third-order valence-electron chi connectivity index (χ3n) is 2.60. The summed E-state index contributed by atoms with van der Waals surface area (Å²) < 4.78 is 10.5. The van der Waals surface area contributed by atoms with Gasteiger partial charge in [0.05, 0.1) is 18.8 Å². The predicted molar refractivity (Wildman–Crippen MR) is 59.2 cm³/mol. The summed E-state index contributed by atoms with van der Waals surface area (Å²) in [5, 5.41) is 9.26. The average molecular weight is 231 g/mol. The molecule has 1 aliphatic rings. The van der Waals surface area contributed by atoms with Crippen LogP contribution in [-0.2, 0) is 9.47 Å². The molecule has 0 spiro atoms. The highest BCUT2D eigenvalue weighted by Gasteiger charge is 2.38. The Kier molecular flexibility index (Phi) is 4.15. The van der Waals surface area contributed by atoms with Gasteiger partial charge in [0.2, 0.25) is 0 Å². The fraction of sp³-hybridized carbons (Fsp3) is 0.909.